The lowest BCUT2D eigenvalue weighted by Crippen LogP contribution is -2.31. The highest BCUT2D eigenvalue weighted by atomic mass is 32.3. The first-order chi connectivity index (χ1) is 22.3. The Morgan fingerprint density at radius 2 is 1.72 bits per heavy atom. The van der Waals surface area contributed by atoms with Crippen LogP contribution in [0.5, 0.6) is 5.75 Å². The normalized spacial score (nSPS) is 15.0. The van der Waals surface area contributed by atoms with E-state index in [1.165, 1.54) is 12.8 Å². The van der Waals surface area contributed by atoms with Gasteiger partial charge in [-0.05, 0) is 105 Å². The fraction of sp³-hybridized carbons (Fsp3) is 0.444. The highest BCUT2D eigenvalue weighted by Gasteiger charge is 2.24. The lowest BCUT2D eigenvalue weighted by atomic mass is 9.86. The van der Waals surface area contributed by atoms with Crippen LogP contribution in [0.15, 0.2) is 48.8 Å². The summed E-state index contributed by atoms with van der Waals surface area (Å²) < 4.78 is 15.0. The van der Waals surface area contributed by atoms with Gasteiger partial charge in [-0.25, -0.2) is 15.0 Å². The van der Waals surface area contributed by atoms with E-state index in [-0.39, 0.29) is 11.3 Å². The number of hydrogen-bond donors (Lipinski definition) is 3. The van der Waals surface area contributed by atoms with E-state index in [1.807, 2.05) is 49.8 Å². The first-order valence-electron chi connectivity index (χ1n) is 16.0. The standard InChI is InChI=1S/C36H49N7O3S/c1-23-10-11-25(35(44)41-30-20-26(36(2,3)4)21-31(33(30)45-6)42-47(8,9)46-7)19-29(23)40-34-32-28(37-22-38-34)13-12-27(39-32)18-24-14-16-43(5)17-15-24/h10-13,19-22,24,42H,14-18H2,1-9H3,(H,41,44)(H,37,38,40). The van der Waals surface area contributed by atoms with Gasteiger partial charge in [0.25, 0.3) is 5.91 Å². The number of nitrogens with zero attached hydrogens (tertiary/aromatic N) is 4. The van der Waals surface area contributed by atoms with Gasteiger partial charge in [0.15, 0.2) is 11.6 Å². The number of pyridine rings is 1. The lowest BCUT2D eigenvalue weighted by molar-refractivity contribution is 0.102. The minimum Gasteiger partial charge on any atom is -0.492 e. The van der Waals surface area contributed by atoms with Crippen molar-refractivity contribution in [2.24, 2.45) is 5.92 Å². The second-order valence-corrected chi connectivity index (χ2v) is 16.8. The summed E-state index contributed by atoms with van der Waals surface area (Å²) in [5, 5.41) is 6.58. The fourth-order valence-electron chi connectivity index (χ4n) is 5.72. The van der Waals surface area contributed by atoms with Crippen molar-refractivity contribution in [1.29, 1.82) is 0 Å². The number of fused-ring (bicyclic) bond motifs is 1. The molecule has 0 bridgehead atoms. The van der Waals surface area contributed by atoms with Crippen molar-refractivity contribution < 1.29 is 13.7 Å². The summed E-state index contributed by atoms with van der Waals surface area (Å²) in [6.45, 7) is 10.7. The number of carbonyl (C=O) groups is 1. The van der Waals surface area contributed by atoms with Crippen LogP contribution in [0.25, 0.3) is 11.0 Å². The maximum absolute atomic E-state index is 13.8. The molecular weight excluding hydrogens is 611 g/mol. The molecule has 0 spiro atoms. The molecule has 4 aromatic rings. The third-order valence-corrected chi connectivity index (χ3v) is 10.4. The second-order valence-electron chi connectivity index (χ2n) is 13.8. The van der Waals surface area contributed by atoms with Crippen LogP contribution in [0.2, 0.25) is 0 Å². The molecule has 3 N–H and O–H groups in total. The summed E-state index contributed by atoms with van der Waals surface area (Å²) >= 11 is 0. The van der Waals surface area contributed by atoms with Gasteiger partial charge in [0.2, 0.25) is 0 Å². The van der Waals surface area contributed by atoms with E-state index in [0.29, 0.717) is 28.7 Å². The van der Waals surface area contributed by atoms with Gasteiger partial charge < -0.3 is 29.2 Å². The van der Waals surface area contributed by atoms with Gasteiger partial charge in [-0.3, -0.25) is 4.79 Å². The molecule has 11 heteroatoms. The molecule has 1 aliphatic rings. The molecule has 0 radical (unpaired) electrons. The van der Waals surface area contributed by atoms with Gasteiger partial charge in [0, 0.05) is 29.5 Å². The maximum atomic E-state index is 13.8. The average Bonchev–Trinajstić information content (AvgIpc) is 3.02. The second kappa shape index (κ2) is 14.0. The number of carbonyl (C=O) groups excluding carboxylic acids is 1. The number of anilines is 4. The maximum Gasteiger partial charge on any atom is 0.255 e. The number of amides is 1. The Morgan fingerprint density at radius 1 is 1.00 bits per heavy atom. The number of methoxy groups -OCH3 is 1. The van der Waals surface area contributed by atoms with Gasteiger partial charge in [-0.15, -0.1) is 0 Å². The predicted molar refractivity (Wildman–Crippen MR) is 195 cm³/mol. The molecule has 0 saturated carbocycles. The average molecular weight is 660 g/mol. The van der Waals surface area contributed by atoms with Crippen LogP contribution in [0.4, 0.5) is 22.9 Å². The number of benzene rings is 2. The van der Waals surface area contributed by atoms with E-state index >= 15 is 0 Å². The summed E-state index contributed by atoms with van der Waals surface area (Å²) in [6.07, 6.45) is 8.87. The summed E-state index contributed by atoms with van der Waals surface area (Å²) in [4.78, 5) is 30.2. The van der Waals surface area contributed by atoms with Crippen LogP contribution >= 0.6 is 10.5 Å². The number of aryl methyl sites for hydroxylation is 1. The Morgan fingerprint density at radius 3 is 2.40 bits per heavy atom. The minimum absolute atomic E-state index is 0.170. The molecule has 5 rings (SSSR count). The van der Waals surface area contributed by atoms with E-state index < -0.39 is 10.5 Å². The van der Waals surface area contributed by atoms with Crippen molar-refractivity contribution >= 4 is 50.3 Å². The molecular formula is C36H49N7O3S. The monoisotopic (exact) mass is 659 g/mol. The molecule has 2 aromatic carbocycles. The van der Waals surface area contributed by atoms with E-state index in [1.54, 1.807) is 20.5 Å². The highest BCUT2D eigenvalue weighted by Crippen LogP contribution is 2.47. The van der Waals surface area contributed by atoms with E-state index in [0.717, 1.165) is 58.7 Å². The molecule has 3 heterocycles. The van der Waals surface area contributed by atoms with Crippen LogP contribution in [-0.2, 0) is 16.0 Å². The fourth-order valence-corrected chi connectivity index (χ4v) is 6.49. The molecule has 0 aliphatic carbocycles. The Bertz CT molecular complexity index is 1750. The number of piperidine rings is 1. The zero-order valence-corrected chi connectivity index (χ0v) is 30.0. The first-order valence-corrected chi connectivity index (χ1v) is 18.4. The Hall–Kier alpha value is -3.93. The lowest BCUT2D eigenvalue weighted by Gasteiger charge is -2.33. The largest absolute Gasteiger partial charge is 0.492 e. The van der Waals surface area contributed by atoms with Gasteiger partial charge in [-0.2, -0.15) is 0 Å². The number of ether oxygens (including phenoxy) is 1. The van der Waals surface area contributed by atoms with Crippen molar-refractivity contribution in [1.82, 2.24) is 19.9 Å². The van der Waals surface area contributed by atoms with E-state index in [9.17, 15) is 4.79 Å². The number of hydrogen-bond acceptors (Lipinski definition) is 9. The topological polar surface area (TPSA) is 114 Å². The number of aromatic nitrogens is 3. The van der Waals surface area contributed by atoms with Crippen molar-refractivity contribution in [3.63, 3.8) is 0 Å². The molecule has 1 aliphatic heterocycles. The molecule has 0 unspecified atom stereocenters. The predicted octanol–water partition coefficient (Wildman–Crippen LogP) is 7.47. The quantitative estimate of drug-likeness (QED) is 0.160. The SMILES string of the molecule is COc1c(NC(=O)c2ccc(C)c(Nc3ncnc4ccc(CC5CCN(C)CC5)nc34)c2)cc(C(C)(C)C)cc1NS(C)(C)OC. The van der Waals surface area contributed by atoms with Crippen LogP contribution < -0.4 is 20.1 Å². The van der Waals surface area contributed by atoms with E-state index in [4.69, 9.17) is 13.9 Å². The van der Waals surface area contributed by atoms with Crippen LogP contribution in [0.3, 0.4) is 0 Å². The smallest absolute Gasteiger partial charge is 0.255 e. The summed E-state index contributed by atoms with van der Waals surface area (Å²) in [5.41, 5.74) is 7.00. The van der Waals surface area contributed by atoms with Gasteiger partial charge in [-0.1, -0.05) is 37.3 Å². The van der Waals surface area contributed by atoms with Crippen LogP contribution in [0.1, 0.15) is 60.8 Å². The number of likely N-dealkylation sites (tertiary alicyclic amines) is 1. The summed E-state index contributed by atoms with van der Waals surface area (Å²) in [6, 6.07) is 13.7. The highest BCUT2D eigenvalue weighted by molar-refractivity contribution is 8.29. The van der Waals surface area contributed by atoms with Gasteiger partial charge in [0.05, 0.1) is 31.1 Å². The van der Waals surface area contributed by atoms with E-state index in [2.05, 4.69) is 70.2 Å². The Balaban J connectivity index is 1.42. The third kappa shape index (κ3) is 8.33. The van der Waals surface area contributed by atoms with Gasteiger partial charge in [0.1, 0.15) is 11.8 Å². The summed E-state index contributed by atoms with van der Waals surface area (Å²) in [7, 11) is 3.87. The number of nitrogens with one attached hydrogen (secondary N) is 3. The number of rotatable bonds is 10. The molecule has 0 atom stereocenters. The van der Waals surface area contributed by atoms with Crippen LogP contribution in [-0.4, -0.2) is 72.6 Å². The molecule has 252 valence electrons. The Labute approximate surface area is 280 Å². The van der Waals surface area contributed by atoms with Gasteiger partial charge >= 0.3 is 0 Å². The Kier molecular flexibility index (Phi) is 10.3. The van der Waals surface area contributed by atoms with Crippen molar-refractivity contribution in [3.05, 3.63) is 71.2 Å². The van der Waals surface area contributed by atoms with Crippen LogP contribution in [0, 0.1) is 12.8 Å². The zero-order valence-electron chi connectivity index (χ0n) is 29.2. The minimum atomic E-state index is -1.60. The third-order valence-electron chi connectivity index (χ3n) is 8.81. The molecule has 1 saturated heterocycles. The summed E-state index contributed by atoms with van der Waals surface area (Å²) in [5.74, 6) is 1.52. The molecule has 2 aromatic heterocycles. The molecule has 47 heavy (non-hydrogen) atoms. The van der Waals surface area contributed by atoms with Crippen molar-refractivity contribution in [2.75, 3.05) is 62.2 Å². The molecule has 1 fully saturated rings. The first kappa shape index (κ1) is 34.4. The zero-order chi connectivity index (χ0) is 33.9. The van der Waals surface area contributed by atoms with Crippen molar-refractivity contribution in [2.45, 2.75) is 52.4 Å². The molecule has 10 nitrogen and oxygen atoms in total. The van der Waals surface area contributed by atoms with Crippen molar-refractivity contribution in [3.8, 4) is 5.75 Å². The molecule has 1 amide bonds.